The molecule has 54 heavy (non-hydrogen) atoms. The van der Waals surface area contributed by atoms with Gasteiger partial charge in [-0.25, -0.2) is 9.13 Å². The van der Waals surface area contributed by atoms with Gasteiger partial charge in [0, 0.05) is 101 Å². The van der Waals surface area contributed by atoms with Crippen molar-refractivity contribution in [3.05, 3.63) is 154 Å². The van der Waals surface area contributed by atoms with Gasteiger partial charge in [-0.2, -0.15) is 5.26 Å². The smallest absolute Gasteiger partial charge is 0.168 e. The molecule has 0 amide bonds. The van der Waals surface area contributed by atoms with Crippen LogP contribution in [0.5, 0.6) is 0 Å². The summed E-state index contributed by atoms with van der Waals surface area (Å²) in [6, 6.07) is 28.8. The predicted octanol–water partition coefficient (Wildman–Crippen LogP) is 1.90. The first-order valence-electron chi connectivity index (χ1n) is 18.3. The zero-order valence-corrected chi connectivity index (χ0v) is 38.0. The third kappa shape index (κ3) is 8.28. The molecule has 0 unspecified atom stereocenters. The normalized spacial score (nSPS) is 19.0. The van der Waals surface area contributed by atoms with E-state index >= 15 is 0 Å². The van der Waals surface area contributed by atoms with Crippen LogP contribution in [0.1, 0.15) is 119 Å². The molecule has 7 heterocycles. The number of aromatic nitrogens is 6. The molecule has 0 saturated carbocycles. The summed E-state index contributed by atoms with van der Waals surface area (Å²) in [5.41, 5.74) is 10.3. The summed E-state index contributed by atoms with van der Waals surface area (Å²) in [7, 11) is 4.13. The Kier molecular flexibility index (Phi) is 14.8. The van der Waals surface area contributed by atoms with Crippen LogP contribution in [0.25, 0.3) is 0 Å². The fourth-order valence-corrected chi connectivity index (χ4v) is 7.28. The summed E-state index contributed by atoms with van der Waals surface area (Å²) in [5, 5.41) is 7.32. The molecule has 4 N–H and O–H groups in total. The van der Waals surface area contributed by atoms with Crippen LogP contribution < -0.4 is 57.1 Å². The van der Waals surface area contributed by atoms with E-state index in [4.69, 9.17) is 10.00 Å². The highest BCUT2D eigenvalue weighted by molar-refractivity contribution is 5.50. The fourth-order valence-electron chi connectivity index (χ4n) is 7.28. The fraction of sp³-hybridized carbons (Fsp3) is 0.386. The second-order valence-electron chi connectivity index (χ2n) is 15.2. The van der Waals surface area contributed by atoms with E-state index in [9.17, 15) is 0 Å². The second kappa shape index (κ2) is 17.9. The highest BCUT2D eigenvalue weighted by Gasteiger charge is 2.41. The largest absolute Gasteiger partial charge is 1.00 e. The second-order valence-corrected chi connectivity index (χ2v) is 15.2. The van der Waals surface area contributed by atoms with E-state index in [1.54, 1.807) is 6.07 Å². The molecule has 10 heteroatoms. The van der Waals surface area contributed by atoms with Gasteiger partial charge in [0.2, 0.25) is 0 Å². The third-order valence-corrected chi connectivity index (χ3v) is 11.1. The zero-order chi connectivity index (χ0) is 37.9. The lowest BCUT2D eigenvalue weighted by Crippen LogP contribution is -3.00. The molecule has 0 radical (unpaired) electrons. The van der Waals surface area contributed by atoms with Crippen molar-refractivity contribution in [1.29, 1.82) is 5.26 Å². The van der Waals surface area contributed by atoms with Crippen molar-refractivity contribution in [2.24, 2.45) is 14.1 Å². The number of nitrogens with zero attached hydrogens (tertiary/aromatic N) is 3. The molecule has 6 aromatic heterocycles. The standard InChI is InChI=1S/C38H44N6.C4H10O.C2H3N.2HI/c1-35(2)27-9-13-31(39-27)37(5,25-17-21-43(7)22-18-25)33-15-11-29(41-33)36(3,4)30-12-16-34(42-30)38(6,32-14-10-28(35)40-32)26-19-23-44(8)24-20-26;1-3-5-4-2;1-2-3;;/h9-24,39-42H,1-8H3;3-4H2,1-2H3;1H3;2*1H/q+2;;;;/p-2. The molecule has 0 fully saturated rings. The quantitative estimate of drug-likeness (QED) is 0.161. The van der Waals surface area contributed by atoms with Crippen molar-refractivity contribution in [2.75, 3.05) is 13.2 Å². The van der Waals surface area contributed by atoms with Gasteiger partial charge in [0.25, 0.3) is 0 Å². The number of rotatable bonds is 4. The van der Waals surface area contributed by atoms with Gasteiger partial charge in [0.15, 0.2) is 24.8 Å². The monoisotopic (exact) mass is 953 g/mol. The van der Waals surface area contributed by atoms with E-state index in [2.05, 4.69) is 182 Å². The van der Waals surface area contributed by atoms with Gasteiger partial charge in [-0.1, -0.05) is 0 Å². The first-order valence-corrected chi connectivity index (χ1v) is 18.3. The number of hydrogen-bond acceptors (Lipinski definition) is 2. The summed E-state index contributed by atoms with van der Waals surface area (Å²) in [6.45, 7) is 20.9. The Hall–Kier alpha value is -3.67. The molecule has 8 bridgehead atoms. The minimum Gasteiger partial charge on any atom is -1.00 e. The van der Waals surface area contributed by atoms with Crippen LogP contribution >= 0.6 is 0 Å². The zero-order valence-electron chi connectivity index (χ0n) is 33.7. The maximum atomic E-state index is 7.32. The van der Waals surface area contributed by atoms with Crippen LogP contribution in [-0.4, -0.2) is 33.1 Å². The topological polar surface area (TPSA) is 104 Å². The number of nitriles is 1. The van der Waals surface area contributed by atoms with Gasteiger partial charge < -0.3 is 72.6 Å². The lowest BCUT2D eigenvalue weighted by molar-refractivity contribution is -0.671. The van der Waals surface area contributed by atoms with Gasteiger partial charge >= 0.3 is 0 Å². The number of aromatic amines is 4. The number of aryl methyl sites for hydroxylation is 2. The van der Waals surface area contributed by atoms with E-state index < -0.39 is 10.8 Å². The first kappa shape index (κ1) is 44.7. The summed E-state index contributed by atoms with van der Waals surface area (Å²) >= 11 is 0. The van der Waals surface area contributed by atoms with Crippen molar-refractivity contribution in [1.82, 2.24) is 19.9 Å². The Bertz CT molecular complexity index is 1890. The summed E-state index contributed by atoms with van der Waals surface area (Å²) in [6.07, 6.45) is 8.52. The van der Waals surface area contributed by atoms with Crippen molar-refractivity contribution in [3.8, 4) is 6.07 Å². The van der Waals surface area contributed by atoms with Crippen molar-refractivity contribution < 1.29 is 61.8 Å². The van der Waals surface area contributed by atoms with Gasteiger partial charge in [-0.15, -0.1) is 0 Å². The molecule has 0 aliphatic carbocycles. The van der Waals surface area contributed by atoms with Crippen molar-refractivity contribution in [2.45, 2.75) is 84.0 Å². The molecule has 0 aromatic carbocycles. The molecule has 0 atom stereocenters. The summed E-state index contributed by atoms with van der Waals surface area (Å²) in [4.78, 5) is 15.6. The third-order valence-electron chi connectivity index (χ3n) is 11.1. The Labute approximate surface area is 356 Å². The minimum atomic E-state index is -0.419. The number of nitrogens with one attached hydrogen (secondary N) is 4. The van der Waals surface area contributed by atoms with E-state index in [1.165, 1.54) is 40.8 Å². The molecule has 1 aliphatic rings. The van der Waals surface area contributed by atoms with Crippen LogP contribution in [0.3, 0.4) is 0 Å². The van der Waals surface area contributed by atoms with Gasteiger partial charge in [0.1, 0.15) is 14.1 Å². The number of fused-ring (bicyclic) bond motifs is 8. The number of ether oxygens (including phenoxy) is 1. The highest BCUT2D eigenvalue weighted by Crippen LogP contribution is 2.44. The Morgan fingerprint density at radius 1 is 0.500 bits per heavy atom. The highest BCUT2D eigenvalue weighted by atomic mass is 127. The number of halogens is 2. The Morgan fingerprint density at radius 2 is 0.722 bits per heavy atom. The molecule has 7 rings (SSSR count). The lowest BCUT2D eigenvalue weighted by Gasteiger charge is -2.31. The van der Waals surface area contributed by atoms with Crippen LogP contribution in [0.4, 0.5) is 0 Å². The van der Waals surface area contributed by atoms with Crippen LogP contribution in [0, 0.1) is 11.3 Å². The average molecular weight is 954 g/mol. The van der Waals surface area contributed by atoms with Crippen LogP contribution in [-0.2, 0) is 40.5 Å². The minimum absolute atomic E-state index is 0. The van der Waals surface area contributed by atoms with Crippen LogP contribution in [0.15, 0.2) is 97.6 Å². The van der Waals surface area contributed by atoms with E-state index in [1.807, 2.05) is 13.8 Å². The summed E-state index contributed by atoms with van der Waals surface area (Å²) in [5.74, 6) is 0. The van der Waals surface area contributed by atoms with Gasteiger partial charge in [-0.05, 0) is 115 Å². The molecule has 1 aliphatic heterocycles. The maximum Gasteiger partial charge on any atom is 0.168 e. The van der Waals surface area contributed by atoms with E-state index in [0.29, 0.717) is 0 Å². The van der Waals surface area contributed by atoms with E-state index in [0.717, 1.165) is 36.0 Å². The average Bonchev–Trinajstić information content (AvgIpc) is 3.96. The molecule has 288 valence electrons. The molecule has 6 aromatic rings. The first-order chi connectivity index (χ1) is 24.7. The van der Waals surface area contributed by atoms with Gasteiger partial charge in [-0.3, -0.25) is 0 Å². The maximum absolute atomic E-state index is 7.32. The van der Waals surface area contributed by atoms with Crippen LogP contribution in [0.2, 0.25) is 0 Å². The lowest BCUT2D eigenvalue weighted by atomic mass is 9.77. The van der Waals surface area contributed by atoms with Gasteiger partial charge in [0.05, 0.1) is 16.9 Å². The molecule has 0 saturated heterocycles. The SMILES string of the molecule is CC#N.CCOCC.C[n+]1ccc(C2(C)c3ccc([nH]3)C(C)(C)c3ccc([nH]3)C(C)(c3cc[n+](C)cc3)c3ccc([nH]3)C(C)(C)c3ccc2[nH]3)cc1.[I-].[I-]. The Morgan fingerprint density at radius 3 is 0.926 bits per heavy atom. The number of hydrogen-bond donors (Lipinski definition) is 4. The van der Waals surface area contributed by atoms with Crippen molar-refractivity contribution in [3.63, 3.8) is 0 Å². The molecular formula is C44H57I2N7O. The number of H-pyrrole nitrogens is 4. The van der Waals surface area contributed by atoms with E-state index in [-0.39, 0.29) is 58.8 Å². The molecule has 8 nitrogen and oxygen atoms in total. The van der Waals surface area contributed by atoms with Crippen molar-refractivity contribution >= 4 is 0 Å². The number of pyridine rings is 2. The summed E-state index contributed by atoms with van der Waals surface area (Å²) < 4.78 is 9.01. The predicted molar refractivity (Wildman–Crippen MR) is 207 cm³/mol. The molecule has 0 spiro atoms. The molecular weight excluding hydrogens is 896 g/mol. The Balaban J connectivity index is 0.000000717.